The van der Waals surface area contributed by atoms with Crippen LogP contribution in [0.15, 0.2) is 24.3 Å². The third-order valence-corrected chi connectivity index (χ3v) is 4.30. The molecule has 0 heterocycles. The maximum atomic E-state index is 2.38. The summed E-state index contributed by atoms with van der Waals surface area (Å²) >= 11 is 0. The summed E-state index contributed by atoms with van der Waals surface area (Å²) in [6.07, 6.45) is 31.4. The molecule has 0 rings (SSSR count). The van der Waals surface area contributed by atoms with Crippen molar-refractivity contribution >= 4 is 0 Å². The van der Waals surface area contributed by atoms with Crippen molar-refractivity contribution in [2.24, 2.45) is 0 Å². The number of hydrogen-bond acceptors (Lipinski definition) is 0. The van der Waals surface area contributed by atoms with Crippen LogP contribution >= 0.6 is 0 Å². The molecule has 0 N–H and O–H groups in total. The monoisotopic (exact) mass is 306 g/mol. The third-order valence-electron chi connectivity index (χ3n) is 4.30. The molecule has 0 heteroatoms. The largest absolute Gasteiger partial charge is 0.0882 e. The normalized spacial score (nSPS) is 11.9. The number of rotatable bonds is 17. The van der Waals surface area contributed by atoms with E-state index in [1.165, 1.54) is 96.3 Å². The molecular weight excluding hydrogens is 264 g/mol. The van der Waals surface area contributed by atoms with Gasteiger partial charge in [-0.25, -0.2) is 0 Å². The fourth-order valence-electron chi connectivity index (χ4n) is 2.77. The zero-order valence-electron chi connectivity index (χ0n) is 15.6. The van der Waals surface area contributed by atoms with Crippen LogP contribution in [0.2, 0.25) is 0 Å². The Morgan fingerprint density at radius 3 is 1.27 bits per heavy atom. The van der Waals surface area contributed by atoms with Crippen molar-refractivity contribution in [3.8, 4) is 0 Å². The van der Waals surface area contributed by atoms with Gasteiger partial charge in [0, 0.05) is 0 Å². The first-order valence-corrected chi connectivity index (χ1v) is 10.2. The molecule has 0 spiro atoms. The smallest absolute Gasteiger partial charge is 0.0169 e. The van der Waals surface area contributed by atoms with E-state index in [1.807, 2.05) is 0 Å². The Balaban J connectivity index is 3.11. The van der Waals surface area contributed by atoms with Crippen LogP contribution in [0.3, 0.4) is 0 Å². The standard InChI is InChI=1S/C22H42/c1-3-5-7-9-11-13-15-17-19-21-22-20-18-16-14-12-10-8-6-4-2/h11,13,17,19H,3-10,12,14-16,18,20-22H2,1-2H3/b13-11+,19-17+. The molecule has 0 saturated heterocycles. The second kappa shape index (κ2) is 20.5. The molecule has 0 aromatic heterocycles. The molecule has 0 aliphatic rings. The Hall–Kier alpha value is -0.520. The first-order chi connectivity index (χ1) is 10.9. The summed E-state index contributed by atoms with van der Waals surface area (Å²) in [5.41, 5.74) is 0. The van der Waals surface area contributed by atoms with Gasteiger partial charge in [-0.05, 0) is 32.1 Å². The third kappa shape index (κ3) is 19.5. The highest BCUT2D eigenvalue weighted by atomic mass is 14.0. The second-order valence-corrected chi connectivity index (χ2v) is 6.64. The fraction of sp³-hybridized carbons (Fsp3) is 0.818. The molecule has 22 heavy (non-hydrogen) atoms. The number of allylic oxidation sites excluding steroid dienone is 4. The van der Waals surface area contributed by atoms with E-state index in [9.17, 15) is 0 Å². The van der Waals surface area contributed by atoms with Crippen molar-refractivity contribution in [2.75, 3.05) is 0 Å². The molecule has 0 amide bonds. The predicted octanol–water partition coefficient (Wildman–Crippen LogP) is 8.38. The molecule has 0 aliphatic carbocycles. The van der Waals surface area contributed by atoms with Gasteiger partial charge in [-0.3, -0.25) is 0 Å². The van der Waals surface area contributed by atoms with E-state index in [0.717, 1.165) is 6.42 Å². The Morgan fingerprint density at radius 2 is 0.773 bits per heavy atom. The Labute approximate surface area is 141 Å². The van der Waals surface area contributed by atoms with Crippen LogP contribution in [-0.2, 0) is 0 Å². The Kier molecular flexibility index (Phi) is 20.0. The van der Waals surface area contributed by atoms with Gasteiger partial charge in [0.1, 0.15) is 0 Å². The van der Waals surface area contributed by atoms with Gasteiger partial charge >= 0.3 is 0 Å². The average molecular weight is 307 g/mol. The van der Waals surface area contributed by atoms with Gasteiger partial charge in [0.15, 0.2) is 0 Å². The summed E-state index contributed by atoms with van der Waals surface area (Å²) in [5.74, 6) is 0. The Bertz CT molecular complexity index is 236. The molecule has 0 fully saturated rings. The highest BCUT2D eigenvalue weighted by Gasteiger charge is 1.91. The van der Waals surface area contributed by atoms with E-state index < -0.39 is 0 Å². The summed E-state index contributed by atoms with van der Waals surface area (Å²) in [7, 11) is 0. The quantitative estimate of drug-likeness (QED) is 0.187. The lowest BCUT2D eigenvalue weighted by Gasteiger charge is -2.01. The van der Waals surface area contributed by atoms with E-state index in [4.69, 9.17) is 0 Å². The molecule has 0 aromatic rings. The molecule has 0 nitrogen and oxygen atoms in total. The van der Waals surface area contributed by atoms with Crippen LogP contribution in [0.1, 0.15) is 117 Å². The zero-order chi connectivity index (χ0) is 16.1. The van der Waals surface area contributed by atoms with E-state index in [-0.39, 0.29) is 0 Å². The minimum Gasteiger partial charge on any atom is -0.0882 e. The molecule has 0 aromatic carbocycles. The predicted molar refractivity (Wildman–Crippen MR) is 104 cm³/mol. The van der Waals surface area contributed by atoms with Gasteiger partial charge in [0.25, 0.3) is 0 Å². The van der Waals surface area contributed by atoms with Gasteiger partial charge in [-0.15, -0.1) is 0 Å². The SMILES string of the molecule is CCCCC/C=C/C/C=C/CCCCCCCCCCCC. The molecule has 0 aliphatic heterocycles. The van der Waals surface area contributed by atoms with Gasteiger partial charge in [0.2, 0.25) is 0 Å². The number of unbranched alkanes of at least 4 members (excludes halogenated alkanes) is 13. The molecule has 0 bridgehead atoms. The molecule has 0 atom stereocenters. The van der Waals surface area contributed by atoms with E-state index in [2.05, 4.69) is 38.2 Å². The van der Waals surface area contributed by atoms with Crippen LogP contribution in [0, 0.1) is 0 Å². The zero-order valence-corrected chi connectivity index (χ0v) is 15.6. The highest BCUT2D eigenvalue weighted by Crippen LogP contribution is 2.11. The fourth-order valence-corrected chi connectivity index (χ4v) is 2.77. The summed E-state index contributed by atoms with van der Waals surface area (Å²) in [6.45, 7) is 4.55. The van der Waals surface area contributed by atoms with Crippen LogP contribution < -0.4 is 0 Å². The van der Waals surface area contributed by atoms with Crippen molar-refractivity contribution < 1.29 is 0 Å². The maximum absolute atomic E-state index is 2.38. The lowest BCUT2D eigenvalue weighted by molar-refractivity contribution is 0.557. The minimum atomic E-state index is 1.13. The molecular formula is C22H42. The van der Waals surface area contributed by atoms with Crippen molar-refractivity contribution in [1.82, 2.24) is 0 Å². The lowest BCUT2D eigenvalue weighted by Crippen LogP contribution is -1.81. The van der Waals surface area contributed by atoms with Gasteiger partial charge in [-0.1, -0.05) is 109 Å². The van der Waals surface area contributed by atoms with Crippen molar-refractivity contribution in [2.45, 2.75) is 117 Å². The first-order valence-electron chi connectivity index (χ1n) is 10.2. The van der Waals surface area contributed by atoms with Crippen LogP contribution in [0.25, 0.3) is 0 Å². The molecule has 130 valence electrons. The number of hydrogen-bond donors (Lipinski definition) is 0. The lowest BCUT2D eigenvalue weighted by atomic mass is 10.1. The van der Waals surface area contributed by atoms with E-state index >= 15 is 0 Å². The minimum absolute atomic E-state index is 1.13. The molecule has 0 radical (unpaired) electrons. The van der Waals surface area contributed by atoms with Crippen LogP contribution in [0.5, 0.6) is 0 Å². The van der Waals surface area contributed by atoms with Gasteiger partial charge < -0.3 is 0 Å². The second-order valence-electron chi connectivity index (χ2n) is 6.64. The summed E-state index contributed by atoms with van der Waals surface area (Å²) in [4.78, 5) is 0. The first kappa shape index (κ1) is 21.5. The van der Waals surface area contributed by atoms with E-state index in [1.54, 1.807) is 0 Å². The average Bonchev–Trinajstić information content (AvgIpc) is 2.54. The van der Waals surface area contributed by atoms with Crippen LogP contribution in [0.4, 0.5) is 0 Å². The van der Waals surface area contributed by atoms with Crippen molar-refractivity contribution in [1.29, 1.82) is 0 Å². The Morgan fingerprint density at radius 1 is 0.409 bits per heavy atom. The van der Waals surface area contributed by atoms with Crippen molar-refractivity contribution in [3.05, 3.63) is 24.3 Å². The maximum Gasteiger partial charge on any atom is -0.0169 e. The van der Waals surface area contributed by atoms with Crippen molar-refractivity contribution in [3.63, 3.8) is 0 Å². The summed E-state index contributed by atoms with van der Waals surface area (Å²) < 4.78 is 0. The highest BCUT2D eigenvalue weighted by molar-refractivity contribution is 4.92. The summed E-state index contributed by atoms with van der Waals surface area (Å²) in [5, 5.41) is 0. The molecule has 0 saturated carbocycles. The van der Waals surface area contributed by atoms with E-state index in [0.29, 0.717) is 0 Å². The molecule has 0 unspecified atom stereocenters. The van der Waals surface area contributed by atoms with Gasteiger partial charge in [-0.2, -0.15) is 0 Å². The van der Waals surface area contributed by atoms with Gasteiger partial charge in [0.05, 0.1) is 0 Å². The van der Waals surface area contributed by atoms with Crippen LogP contribution in [-0.4, -0.2) is 0 Å². The topological polar surface area (TPSA) is 0 Å². The summed E-state index contributed by atoms with van der Waals surface area (Å²) in [6, 6.07) is 0.